The predicted octanol–water partition coefficient (Wildman–Crippen LogP) is 4.65. The van der Waals surface area contributed by atoms with Gasteiger partial charge in [-0.3, -0.25) is 0 Å². The quantitative estimate of drug-likeness (QED) is 0.768. The smallest absolute Gasteiger partial charge is 0.437 e. The van der Waals surface area contributed by atoms with E-state index in [1.165, 1.54) is 6.07 Å². The molecule has 0 spiro atoms. The number of oxazole rings is 1. The lowest BCUT2D eigenvalue weighted by atomic mass is 10.3. The Bertz CT molecular complexity index is 630. The van der Waals surface area contributed by atoms with E-state index in [1.54, 1.807) is 0 Å². The van der Waals surface area contributed by atoms with Crippen molar-refractivity contribution in [2.24, 2.45) is 0 Å². The molecule has 0 amide bonds. The molecule has 4 nitrogen and oxygen atoms in total. The molecule has 102 valence electrons. The highest BCUT2D eigenvalue weighted by atomic mass is 79.9. The molecule has 2 rings (SSSR count). The topological polar surface area (TPSA) is 63.3 Å². The van der Waals surface area contributed by atoms with Gasteiger partial charge in [-0.05, 0) is 37.9 Å². The van der Waals surface area contributed by atoms with Crippen molar-refractivity contribution in [3.05, 3.63) is 25.8 Å². The number of aromatic carboxylic acids is 1. The highest BCUT2D eigenvalue weighted by molar-refractivity contribution is 9.13. The molecule has 1 N–H and O–H groups in total. The number of carbonyl (C=O) groups is 1. The zero-order valence-electron chi connectivity index (χ0n) is 8.59. The van der Waals surface area contributed by atoms with Gasteiger partial charge in [-0.15, -0.1) is 11.3 Å². The zero-order valence-corrected chi connectivity index (χ0v) is 12.6. The van der Waals surface area contributed by atoms with Gasteiger partial charge >= 0.3 is 12.1 Å². The molecule has 0 aliphatic heterocycles. The van der Waals surface area contributed by atoms with Crippen LogP contribution in [-0.2, 0) is 6.18 Å². The first-order valence-electron chi connectivity index (χ1n) is 4.46. The maximum absolute atomic E-state index is 12.6. The fourth-order valence-electron chi connectivity index (χ4n) is 1.21. The largest absolute Gasteiger partial charge is 0.475 e. The SMILES string of the molecule is O=C(O)c1oc(-c2cc(Br)c(Br)s2)nc1C(F)(F)F. The number of hydrogen-bond acceptors (Lipinski definition) is 4. The van der Waals surface area contributed by atoms with Gasteiger partial charge in [-0.1, -0.05) is 0 Å². The summed E-state index contributed by atoms with van der Waals surface area (Å²) in [5.74, 6) is -3.43. The minimum Gasteiger partial charge on any atom is -0.475 e. The van der Waals surface area contributed by atoms with Crippen LogP contribution in [0.5, 0.6) is 0 Å². The van der Waals surface area contributed by atoms with Crippen molar-refractivity contribution in [1.82, 2.24) is 4.98 Å². The van der Waals surface area contributed by atoms with Crippen molar-refractivity contribution >= 4 is 49.2 Å². The molecule has 0 aliphatic rings. The summed E-state index contributed by atoms with van der Waals surface area (Å²) >= 11 is 7.40. The minimum absolute atomic E-state index is 0.275. The Morgan fingerprint density at radius 3 is 2.42 bits per heavy atom. The van der Waals surface area contributed by atoms with E-state index in [9.17, 15) is 18.0 Å². The predicted molar refractivity (Wildman–Crippen MR) is 67.2 cm³/mol. The van der Waals surface area contributed by atoms with Crippen LogP contribution in [0.4, 0.5) is 13.2 Å². The van der Waals surface area contributed by atoms with E-state index in [0.717, 1.165) is 11.3 Å². The monoisotopic (exact) mass is 419 g/mol. The lowest BCUT2D eigenvalue weighted by Gasteiger charge is -2.00. The summed E-state index contributed by atoms with van der Waals surface area (Å²) in [5, 5.41) is 8.70. The average Bonchev–Trinajstić information content (AvgIpc) is 2.82. The van der Waals surface area contributed by atoms with E-state index in [0.29, 0.717) is 8.26 Å². The van der Waals surface area contributed by atoms with Gasteiger partial charge in [0, 0.05) is 4.47 Å². The van der Waals surface area contributed by atoms with E-state index in [-0.39, 0.29) is 10.8 Å². The van der Waals surface area contributed by atoms with Gasteiger partial charge in [0.15, 0.2) is 5.69 Å². The van der Waals surface area contributed by atoms with Crippen molar-refractivity contribution in [3.8, 4) is 10.8 Å². The number of thiophene rings is 1. The standard InChI is InChI=1S/C9H2Br2F3NO3S/c10-2-1-3(19-6(2)11)7-15-5(9(12,13)14)4(18-7)8(16)17/h1H,(H,16,17). The van der Waals surface area contributed by atoms with E-state index in [1.807, 2.05) is 0 Å². The molecule has 0 aliphatic carbocycles. The molecule has 0 saturated carbocycles. The van der Waals surface area contributed by atoms with Crippen LogP contribution in [0.25, 0.3) is 10.8 Å². The van der Waals surface area contributed by atoms with Crippen LogP contribution in [0.15, 0.2) is 18.7 Å². The molecular weight excluding hydrogens is 419 g/mol. The van der Waals surface area contributed by atoms with Gasteiger partial charge in [-0.25, -0.2) is 9.78 Å². The van der Waals surface area contributed by atoms with Crippen LogP contribution in [0.2, 0.25) is 0 Å². The molecule has 0 saturated heterocycles. The Labute approximate surface area is 124 Å². The van der Waals surface area contributed by atoms with E-state index in [2.05, 4.69) is 36.8 Å². The summed E-state index contributed by atoms with van der Waals surface area (Å²) in [5.41, 5.74) is -1.55. The Hall–Kier alpha value is -0.870. The lowest BCUT2D eigenvalue weighted by Crippen LogP contribution is -2.11. The molecular formula is C9H2Br2F3NO3S. The van der Waals surface area contributed by atoms with Gasteiger partial charge in [0.25, 0.3) is 0 Å². The molecule has 0 fully saturated rings. The third-order valence-electron chi connectivity index (χ3n) is 1.95. The van der Waals surface area contributed by atoms with Crippen LogP contribution in [0, 0.1) is 0 Å². The maximum atomic E-state index is 12.6. The van der Waals surface area contributed by atoms with Crippen LogP contribution in [0.1, 0.15) is 16.2 Å². The van der Waals surface area contributed by atoms with Gasteiger partial charge in [-0.2, -0.15) is 13.2 Å². The second kappa shape index (κ2) is 4.91. The Kier molecular flexibility index (Phi) is 3.76. The number of rotatable bonds is 2. The normalized spacial score (nSPS) is 11.8. The third kappa shape index (κ3) is 2.84. The van der Waals surface area contributed by atoms with Crippen molar-refractivity contribution in [3.63, 3.8) is 0 Å². The summed E-state index contributed by atoms with van der Waals surface area (Å²) in [7, 11) is 0. The van der Waals surface area contributed by atoms with E-state index in [4.69, 9.17) is 9.52 Å². The average molecular weight is 421 g/mol. The highest BCUT2D eigenvalue weighted by Gasteiger charge is 2.41. The summed E-state index contributed by atoms with van der Waals surface area (Å²) in [4.78, 5) is 14.2. The van der Waals surface area contributed by atoms with Gasteiger partial charge < -0.3 is 9.52 Å². The van der Waals surface area contributed by atoms with E-state index < -0.39 is 23.6 Å². The fourth-order valence-corrected chi connectivity index (χ4v) is 3.18. The van der Waals surface area contributed by atoms with Crippen molar-refractivity contribution in [1.29, 1.82) is 0 Å². The third-order valence-corrected chi connectivity index (χ3v) is 5.19. The number of aromatic nitrogens is 1. The summed E-state index contributed by atoms with van der Waals surface area (Å²) in [6.07, 6.45) is -4.89. The number of alkyl halides is 3. The summed E-state index contributed by atoms with van der Waals surface area (Å²) < 4.78 is 43.8. The minimum atomic E-state index is -4.89. The molecule has 19 heavy (non-hydrogen) atoms. The maximum Gasteiger partial charge on any atom is 0.437 e. The van der Waals surface area contributed by atoms with Gasteiger partial charge in [0.2, 0.25) is 11.7 Å². The van der Waals surface area contributed by atoms with Crippen LogP contribution < -0.4 is 0 Å². The van der Waals surface area contributed by atoms with Gasteiger partial charge in [0.1, 0.15) is 0 Å². The Morgan fingerprint density at radius 1 is 1.42 bits per heavy atom. The Morgan fingerprint density at radius 2 is 2.05 bits per heavy atom. The Balaban J connectivity index is 2.58. The van der Waals surface area contributed by atoms with Crippen molar-refractivity contribution < 1.29 is 27.5 Å². The molecule has 2 aromatic rings. The second-order valence-corrected chi connectivity index (χ2v) is 6.46. The molecule has 2 aromatic heterocycles. The first kappa shape index (κ1) is 14.5. The number of carboxylic acid groups (broad SMARTS) is 1. The first-order chi connectivity index (χ1) is 8.70. The molecule has 0 unspecified atom stereocenters. The van der Waals surface area contributed by atoms with E-state index >= 15 is 0 Å². The highest BCUT2D eigenvalue weighted by Crippen LogP contribution is 2.40. The number of nitrogens with zero attached hydrogens (tertiary/aromatic N) is 1. The van der Waals surface area contributed by atoms with Crippen LogP contribution in [-0.4, -0.2) is 16.1 Å². The van der Waals surface area contributed by atoms with Crippen LogP contribution >= 0.6 is 43.2 Å². The van der Waals surface area contributed by atoms with Crippen molar-refractivity contribution in [2.45, 2.75) is 6.18 Å². The molecule has 0 bridgehead atoms. The van der Waals surface area contributed by atoms with Crippen molar-refractivity contribution in [2.75, 3.05) is 0 Å². The van der Waals surface area contributed by atoms with Gasteiger partial charge in [0.05, 0.1) is 8.66 Å². The molecule has 0 atom stereocenters. The molecule has 0 radical (unpaired) electrons. The second-order valence-electron chi connectivity index (χ2n) is 3.23. The number of halogens is 5. The number of hydrogen-bond donors (Lipinski definition) is 1. The molecule has 10 heteroatoms. The van der Waals surface area contributed by atoms with Crippen LogP contribution in [0.3, 0.4) is 0 Å². The number of carboxylic acids is 1. The lowest BCUT2D eigenvalue weighted by molar-refractivity contribution is -0.141. The molecule has 2 heterocycles. The summed E-state index contributed by atoms with van der Waals surface area (Å²) in [6, 6.07) is 1.48. The zero-order chi connectivity index (χ0) is 14.4. The summed E-state index contributed by atoms with van der Waals surface area (Å²) in [6.45, 7) is 0. The fraction of sp³-hybridized carbons (Fsp3) is 0.111. The first-order valence-corrected chi connectivity index (χ1v) is 6.87. The molecule has 0 aromatic carbocycles.